The van der Waals surface area contributed by atoms with Crippen LogP contribution in [0.15, 0.2) is 18.2 Å². The number of benzene rings is 1. The number of aromatic hydroxyl groups is 1. The number of phenolic OH excluding ortho intramolecular Hbond substituents is 1. The van der Waals surface area contributed by atoms with Crippen molar-refractivity contribution in [2.75, 3.05) is 19.7 Å². The van der Waals surface area contributed by atoms with Gasteiger partial charge >= 0.3 is 0 Å². The fraction of sp³-hybridized carbons (Fsp3) is 0.417. The summed E-state index contributed by atoms with van der Waals surface area (Å²) in [6, 6.07) is 5.03. The van der Waals surface area contributed by atoms with Gasteiger partial charge in [0.2, 0.25) is 5.91 Å². The van der Waals surface area contributed by atoms with Crippen LogP contribution in [0.25, 0.3) is 0 Å². The van der Waals surface area contributed by atoms with Crippen LogP contribution in [-0.4, -0.2) is 30.7 Å². The maximum atomic E-state index is 11.3. The molecule has 5 nitrogen and oxygen atoms in total. The van der Waals surface area contributed by atoms with Gasteiger partial charge in [0.15, 0.2) is 0 Å². The molecule has 0 bridgehead atoms. The molecule has 0 fully saturated rings. The van der Waals surface area contributed by atoms with Crippen LogP contribution in [0.1, 0.15) is 18.5 Å². The zero-order valence-corrected chi connectivity index (χ0v) is 9.69. The van der Waals surface area contributed by atoms with Crippen molar-refractivity contribution in [3.05, 3.63) is 23.8 Å². The Morgan fingerprint density at radius 2 is 2.41 bits per heavy atom. The molecule has 0 spiro atoms. The number of amides is 1. The Morgan fingerprint density at radius 1 is 1.59 bits per heavy atom. The molecule has 0 aromatic heterocycles. The summed E-state index contributed by atoms with van der Waals surface area (Å²) in [6.07, 6.45) is 0. The summed E-state index contributed by atoms with van der Waals surface area (Å²) >= 11 is 0. The minimum absolute atomic E-state index is 0.00760. The van der Waals surface area contributed by atoms with Crippen LogP contribution in [0.2, 0.25) is 0 Å². The molecule has 1 aliphatic rings. The number of hydrogen-bond donors (Lipinski definition) is 3. The maximum Gasteiger partial charge on any atom is 0.233 e. The average molecular weight is 236 g/mol. The topological polar surface area (TPSA) is 70.6 Å². The van der Waals surface area contributed by atoms with Gasteiger partial charge in [0.05, 0.1) is 12.6 Å². The fourth-order valence-corrected chi connectivity index (χ4v) is 1.84. The Balaban J connectivity index is 1.95. The van der Waals surface area contributed by atoms with Gasteiger partial charge in [0.25, 0.3) is 0 Å². The number of hydrogen-bond acceptors (Lipinski definition) is 4. The van der Waals surface area contributed by atoms with Gasteiger partial charge in [-0.05, 0) is 19.1 Å². The van der Waals surface area contributed by atoms with Gasteiger partial charge in [-0.3, -0.25) is 10.1 Å². The molecule has 1 heterocycles. The second kappa shape index (κ2) is 5.05. The number of phenols is 1. The first-order chi connectivity index (χ1) is 8.20. The lowest BCUT2D eigenvalue weighted by atomic mass is 10.1. The number of fused-ring (bicyclic) bond motifs is 1. The monoisotopic (exact) mass is 236 g/mol. The molecule has 92 valence electrons. The molecule has 0 saturated heterocycles. The fourth-order valence-electron chi connectivity index (χ4n) is 1.84. The van der Waals surface area contributed by atoms with E-state index in [-0.39, 0.29) is 24.2 Å². The maximum absolute atomic E-state index is 11.3. The van der Waals surface area contributed by atoms with Gasteiger partial charge in [-0.25, -0.2) is 0 Å². The Labute approximate surface area is 99.8 Å². The Kier molecular flexibility index (Phi) is 3.49. The third-order valence-electron chi connectivity index (χ3n) is 2.66. The van der Waals surface area contributed by atoms with E-state index in [0.717, 1.165) is 5.56 Å². The minimum atomic E-state index is -0.0280. The van der Waals surface area contributed by atoms with E-state index in [1.807, 2.05) is 13.0 Å². The van der Waals surface area contributed by atoms with E-state index in [0.29, 0.717) is 18.9 Å². The first-order valence-electron chi connectivity index (χ1n) is 5.66. The lowest BCUT2D eigenvalue weighted by molar-refractivity contribution is -0.120. The first kappa shape index (κ1) is 11.7. The third-order valence-corrected chi connectivity index (χ3v) is 2.66. The number of likely N-dealkylation sites (N-methyl/N-ethyl adjacent to an activating group) is 1. The molecule has 1 atom stereocenters. The van der Waals surface area contributed by atoms with Crippen molar-refractivity contribution in [1.82, 2.24) is 10.6 Å². The van der Waals surface area contributed by atoms with Gasteiger partial charge in [-0.1, -0.05) is 0 Å². The molecule has 17 heavy (non-hydrogen) atoms. The Morgan fingerprint density at radius 3 is 3.18 bits per heavy atom. The van der Waals surface area contributed by atoms with Crippen LogP contribution in [-0.2, 0) is 4.79 Å². The van der Waals surface area contributed by atoms with Gasteiger partial charge in [0, 0.05) is 18.2 Å². The highest BCUT2D eigenvalue weighted by Gasteiger charge is 2.24. The Bertz CT molecular complexity index is 420. The van der Waals surface area contributed by atoms with Crippen molar-refractivity contribution < 1.29 is 14.6 Å². The molecule has 5 heteroatoms. The minimum Gasteiger partial charge on any atom is -0.508 e. The van der Waals surface area contributed by atoms with Crippen LogP contribution >= 0.6 is 0 Å². The molecule has 1 amide bonds. The molecule has 1 aromatic rings. The van der Waals surface area contributed by atoms with Crippen LogP contribution < -0.4 is 15.4 Å². The SMILES string of the molecule is CCNC(=O)CNC1COc2cc(O)ccc21. The lowest BCUT2D eigenvalue weighted by Crippen LogP contribution is -2.36. The number of ether oxygens (including phenoxy) is 1. The summed E-state index contributed by atoms with van der Waals surface area (Å²) in [5.74, 6) is 0.839. The van der Waals surface area contributed by atoms with Crippen molar-refractivity contribution in [3.63, 3.8) is 0 Å². The summed E-state index contributed by atoms with van der Waals surface area (Å²) in [5.41, 5.74) is 0.979. The predicted molar refractivity (Wildman–Crippen MR) is 63.0 cm³/mol. The lowest BCUT2D eigenvalue weighted by Gasteiger charge is -2.11. The molecule has 1 aromatic carbocycles. The molecular formula is C12H16N2O3. The van der Waals surface area contributed by atoms with Crippen molar-refractivity contribution in [3.8, 4) is 11.5 Å². The second-order valence-electron chi connectivity index (χ2n) is 3.92. The van der Waals surface area contributed by atoms with Crippen LogP contribution in [0.4, 0.5) is 0 Å². The molecule has 0 saturated carbocycles. The second-order valence-corrected chi connectivity index (χ2v) is 3.92. The van der Waals surface area contributed by atoms with E-state index in [9.17, 15) is 9.90 Å². The summed E-state index contributed by atoms with van der Waals surface area (Å²) in [5, 5.41) is 15.1. The number of carbonyl (C=O) groups excluding carboxylic acids is 1. The molecule has 1 aliphatic heterocycles. The van der Waals surface area contributed by atoms with Crippen LogP contribution in [0, 0.1) is 0 Å². The normalized spacial score (nSPS) is 17.4. The van der Waals surface area contributed by atoms with Crippen molar-refractivity contribution in [2.45, 2.75) is 13.0 Å². The van der Waals surface area contributed by atoms with E-state index in [4.69, 9.17) is 4.74 Å². The predicted octanol–water partition coefficient (Wildman–Crippen LogP) is 0.551. The highest BCUT2D eigenvalue weighted by molar-refractivity contribution is 5.78. The quantitative estimate of drug-likeness (QED) is 0.714. The van der Waals surface area contributed by atoms with Gasteiger partial charge < -0.3 is 15.2 Å². The van der Waals surface area contributed by atoms with Crippen LogP contribution in [0.5, 0.6) is 11.5 Å². The summed E-state index contributed by atoms with van der Waals surface area (Å²) in [4.78, 5) is 11.3. The molecule has 3 N–H and O–H groups in total. The molecule has 2 rings (SSSR count). The number of carbonyl (C=O) groups is 1. The standard InChI is InChI=1S/C12H16N2O3/c1-2-13-12(16)6-14-10-7-17-11-5-8(15)3-4-9(10)11/h3-5,10,14-15H,2,6-7H2,1H3,(H,13,16). The van der Waals surface area contributed by atoms with Gasteiger partial charge in [-0.2, -0.15) is 0 Å². The zero-order chi connectivity index (χ0) is 12.3. The molecule has 0 radical (unpaired) electrons. The number of nitrogens with one attached hydrogen (secondary N) is 2. The van der Waals surface area contributed by atoms with E-state index in [1.54, 1.807) is 12.1 Å². The highest BCUT2D eigenvalue weighted by atomic mass is 16.5. The summed E-state index contributed by atoms with van der Waals surface area (Å²) in [6.45, 7) is 3.27. The molecular weight excluding hydrogens is 220 g/mol. The number of rotatable bonds is 4. The van der Waals surface area contributed by atoms with Gasteiger partial charge in [-0.15, -0.1) is 0 Å². The zero-order valence-electron chi connectivity index (χ0n) is 9.69. The van der Waals surface area contributed by atoms with E-state index in [1.165, 1.54) is 0 Å². The van der Waals surface area contributed by atoms with Crippen molar-refractivity contribution in [2.24, 2.45) is 0 Å². The molecule has 0 aliphatic carbocycles. The third kappa shape index (κ3) is 2.68. The van der Waals surface area contributed by atoms with Crippen LogP contribution in [0.3, 0.4) is 0 Å². The highest BCUT2D eigenvalue weighted by Crippen LogP contribution is 2.34. The first-order valence-corrected chi connectivity index (χ1v) is 5.66. The average Bonchev–Trinajstić information content (AvgIpc) is 2.69. The van der Waals surface area contributed by atoms with E-state index < -0.39 is 0 Å². The summed E-state index contributed by atoms with van der Waals surface area (Å²) < 4.78 is 5.43. The van der Waals surface area contributed by atoms with E-state index in [2.05, 4.69) is 10.6 Å². The Hall–Kier alpha value is -1.75. The molecule has 1 unspecified atom stereocenters. The van der Waals surface area contributed by atoms with Crippen molar-refractivity contribution >= 4 is 5.91 Å². The smallest absolute Gasteiger partial charge is 0.233 e. The largest absolute Gasteiger partial charge is 0.508 e. The van der Waals surface area contributed by atoms with E-state index >= 15 is 0 Å². The summed E-state index contributed by atoms with van der Waals surface area (Å²) in [7, 11) is 0. The van der Waals surface area contributed by atoms with Gasteiger partial charge in [0.1, 0.15) is 18.1 Å². The van der Waals surface area contributed by atoms with Crippen molar-refractivity contribution in [1.29, 1.82) is 0 Å².